The Morgan fingerprint density at radius 1 is 1.22 bits per heavy atom. The Morgan fingerprint density at radius 2 is 1.89 bits per heavy atom. The minimum absolute atomic E-state index is 0.0490. The van der Waals surface area contributed by atoms with Gasteiger partial charge in [0.15, 0.2) is 12.0 Å². The molecule has 18 heavy (non-hydrogen) atoms. The first kappa shape index (κ1) is 11.9. The number of furan rings is 1. The lowest BCUT2D eigenvalue weighted by Gasteiger charge is -2.15. The summed E-state index contributed by atoms with van der Waals surface area (Å²) in [5.41, 5.74) is 0. The first-order valence-corrected chi connectivity index (χ1v) is 7.60. The van der Waals surface area contributed by atoms with E-state index in [1.54, 1.807) is 0 Å². The van der Waals surface area contributed by atoms with E-state index in [2.05, 4.69) is 0 Å². The van der Waals surface area contributed by atoms with Gasteiger partial charge < -0.3 is 4.42 Å². The maximum Gasteiger partial charge on any atom is 0.276 e. The molecule has 6 heteroatoms. The lowest BCUT2D eigenvalue weighted by Crippen LogP contribution is -2.29. The second-order valence-electron chi connectivity index (χ2n) is 5.05. The van der Waals surface area contributed by atoms with Crippen LogP contribution in [-0.4, -0.2) is 32.1 Å². The van der Waals surface area contributed by atoms with Crippen LogP contribution < -0.4 is 0 Å². The fraction of sp³-hybridized carbons (Fsp3) is 0.583. The van der Waals surface area contributed by atoms with Crippen LogP contribution in [0.4, 0.5) is 0 Å². The summed E-state index contributed by atoms with van der Waals surface area (Å²) in [4.78, 5) is 10.5. The summed E-state index contributed by atoms with van der Waals surface area (Å²) >= 11 is 0. The zero-order valence-electron chi connectivity index (χ0n) is 9.91. The number of hydrogen-bond donors (Lipinski definition) is 0. The van der Waals surface area contributed by atoms with Crippen LogP contribution in [0.3, 0.4) is 0 Å². The summed E-state index contributed by atoms with van der Waals surface area (Å²) in [6.07, 6.45) is 3.96. The second-order valence-corrected chi connectivity index (χ2v) is 6.92. The van der Waals surface area contributed by atoms with Crippen LogP contribution in [0.2, 0.25) is 0 Å². The third kappa shape index (κ3) is 1.80. The molecule has 0 bridgehead atoms. The summed E-state index contributed by atoms with van der Waals surface area (Å²) in [6.45, 7) is 1.17. The molecule has 1 aromatic rings. The molecule has 2 heterocycles. The van der Waals surface area contributed by atoms with Crippen LogP contribution in [0, 0.1) is 11.8 Å². The second kappa shape index (κ2) is 4.20. The molecule has 0 radical (unpaired) electrons. The number of aldehydes is 1. The first-order valence-electron chi connectivity index (χ1n) is 6.16. The summed E-state index contributed by atoms with van der Waals surface area (Å²) in [5, 5.41) is -0.121. The van der Waals surface area contributed by atoms with Crippen molar-refractivity contribution < 1.29 is 17.6 Å². The Kier molecular flexibility index (Phi) is 2.79. The molecule has 0 amide bonds. The number of fused-ring (bicyclic) bond motifs is 1. The van der Waals surface area contributed by atoms with E-state index in [0.29, 0.717) is 31.2 Å². The van der Waals surface area contributed by atoms with E-state index in [1.807, 2.05) is 0 Å². The van der Waals surface area contributed by atoms with Gasteiger partial charge in [0.05, 0.1) is 0 Å². The van der Waals surface area contributed by atoms with Crippen molar-refractivity contribution in [3.05, 3.63) is 17.9 Å². The lowest BCUT2D eigenvalue weighted by molar-refractivity contribution is 0.109. The highest BCUT2D eigenvalue weighted by Crippen LogP contribution is 2.39. The molecule has 1 saturated carbocycles. The zero-order chi connectivity index (χ0) is 12.8. The standard InChI is InChI=1S/C12H15NO4S/c14-8-11-4-5-12(17-11)18(15,16)13-6-9-2-1-3-10(9)7-13/h4-5,8-10H,1-3,6-7H2. The molecule has 2 fully saturated rings. The van der Waals surface area contributed by atoms with Crippen molar-refractivity contribution in [3.8, 4) is 0 Å². The average molecular weight is 269 g/mol. The number of nitrogens with zero attached hydrogens (tertiary/aromatic N) is 1. The van der Waals surface area contributed by atoms with Gasteiger partial charge in [-0.25, -0.2) is 8.42 Å². The molecule has 2 unspecified atom stereocenters. The van der Waals surface area contributed by atoms with E-state index in [4.69, 9.17) is 4.42 Å². The van der Waals surface area contributed by atoms with Gasteiger partial charge in [-0.2, -0.15) is 4.31 Å². The molecule has 1 saturated heterocycles. The fourth-order valence-electron chi connectivity index (χ4n) is 3.05. The molecule has 0 aromatic carbocycles. The van der Waals surface area contributed by atoms with Gasteiger partial charge in [0.25, 0.3) is 10.0 Å². The van der Waals surface area contributed by atoms with Crippen LogP contribution in [-0.2, 0) is 10.0 Å². The van der Waals surface area contributed by atoms with Gasteiger partial charge in [-0.3, -0.25) is 4.79 Å². The molecule has 5 nitrogen and oxygen atoms in total. The van der Waals surface area contributed by atoms with Crippen LogP contribution in [0.25, 0.3) is 0 Å². The van der Waals surface area contributed by atoms with Gasteiger partial charge >= 0.3 is 0 Å². The smallest absolute Gasteiger partial charge is 0.276 e. The minimum atomic E-state index is -3.56. The zero-order valence-corrected chi connectivity index (χ0v) is 10.7. The van der Waals surface area contributed by atoms with Crippen molar-refractivity contribution in [1.82, 2.24) is 4.31 Å². The highest BCUT2D eigenvalue weighted by atomic mass is 32.2. The molecular formula is C12H15NO4S. The van der Waals surface area contributed by atoms with Gasteiger partial charge in [-0.15, -0.1) is 0 Å². The summed E-state index contributed by atoms with van der Waals surface area (Å²) in [7, 11) is -3.56. The van der Waals surface area contributed by atoms with Crippen molar-refractivity contribution >= 4 is 16.3 Å². The van der Waals surface area contributed by atoms with Crippen LogP contribution >= 0.6 is 0 Å². The van der Waals surface area contributed by atoms with Crippen LogP contribution in [0.15, 0.2) is 21.6 Å². The highest BCUT2D eigenvalue weighted by Gasteiger charge is 2.42. The third-order valence-electron chi connectivity index (χ3n) is 4.01. The van der Waals surface area contributed by atoms with Gasteiger partial charge in [0, 0.05) is 13.1 Å². The Bertz CT molecular complexity index is 550. The molecule has 0 N–H and O–H groups in total. The summed E-state index contributed by atoms with van der Waals surface area (Å²) < 4.78 is 31.2. The number of hydrogen-bond acceptors (Lipinski definition) is 4. The largest absolute Gasteiger partial charge is 0.440 e. The van der Waals surface area contributed by atoms with E-state index in [-0.39, 0.29) is 10.9 Å². The molecule has 1 aromatic heterocycles. The van der Waals surface area contributed by atoms with Crippen molar-refractivity contribution in [2.75, 3.05) is 13.1 Å². The van der Waals surface area contributed by atoms with Gasteiger partial charge in [-0.05, 0) is 36.8 Å². The predicted octanol–water partition coefficient (Wildman–Crippen LogP) is 1.51. The Labute approximate surface area is 106 Å². The molecule has 2 atom stereocenters. The average Bonchev–Trinajstić information content (AvgIpc) is 3.03. The molecule has 2 aliphatic rings. The quantitative estimate of drug-likeness (QED) is 0.780. The van der Waals surface area contributed by atoms with E-state index in [1.165, 1.54) is 22.9 Å². The first-order chi connectivity index (χ1) is 8.61. The molecule has 3 rings (SSSR count). The van der Waals surface area contributed by atoms with Gasteiger partial charge in [0.1, 0.15) is 0 Å². The van der Waals surface area contributed by atoms with Crippen molar-refractivity contribution in [2.24, 2.45) is 11.8 Å². The van der Waals surface area contributed by atoms with E-state index >= 15 is 0 Å². The maximum atomic E-state index is 12.3. The van der Waals surface area contributed by atoms with Crippen molar-refractivity contribution in [2.45, 2.75) is 24.4 Å². The van der Waals surface area contributed by atoms with Crippen molar-refractivity contribution in [1.29, 1.82) is 0 Å². The molecule has 1 aliphatic carbocycles. The van der Waals surface area contributed by atoms with E-state index in [0.717, 1.165) is 12.8 Å². The fourth-order valence-corrected chi connectivity index (χ4v) is 4.52. The summed E-state index contributed by atoms with van der Waals surface area (Å²) in [6, 6.07) is 2.74. The minimum Gasteiger partial charge on any atom is -0.440 e. The predicted molar refractivity (Wildman–Crippen MR) is 63.7 cm³/mol. The Morgan fingerprint density at radius 3 is 2.44 bits per heavy atom. The number of rotatable bonds is 3. The lowest BCUT2D eigenvalue weighted by atomic mass is 10.0. The van der Waals surface area contributed by atoms with E-state index in [9.17, 15) is 13.2 Å². The maximum absolute atomic E-state index is 12.3. The topological polar surface area (TPSA) is 67.6 Å². The molecule has 0 spiro atoms. The molecule has 98 valence electrons. The van der Waals surface area contributed by atoms with Crippen LogP contribution in [0.5, 0.6) is 0 Å². The van der Waals surface area contributed by atoms with E-state index < -0.39 is 10.0 Å². The van der Waals surface area contributed by atoms with Gasteiger partial charge in [0.2, 0.25) is 5.09 Å². The van der Waals surface area contributed by atoms with Crippen molar-refractivity contribution in [3.63, 3.8) is 0 Å². The Hall–Kier alpha value is -1.14. The molecular weight excluding hydrogens is 254 g/mol. The number of sulfonamides is 1. The monoisotopic (exact) mass is 269 g/mol. The normalized spacial score (nSPS) is 28.4. The molecule has 1 aliphatic heterocycles. The highest BCUT2D eigenvalue weighted by molar-refractivity contribution is 7.89. The Balaban J connectivity index is 1.85. The third-order valence-corrected chi connectivity index (χ3v) is 5.71. The van der Waals surface area contributed by atoms with Crippen LogP contribution in [0.1, 0.15) is 29.8 Å². The van der Waals surface area contributed by atoms with Gasteiger partial charge in [-0.1, -0.05) is 6.42 Å². The number of carbonyl (C=O) groups is 1. The summed E-state index contributed by atoms with van der Waals surface area (Å²) in [5.74, 6) is 1.05. The number of carbonyl (C=O) groups excluding carboxylic acids is 1. The SMILES string of the molecule is O=Cc1ccc(S(=O)(=O)N2CC3CCCC3C2)o1.